The van der Waals surface area contributed by atoms with Crippen LogP contribution in [-0.2, 0) is 4.79 Å². The SMILES string of the molecule is CCOc1ccc(N2C(=O)/C(=C/c3cn(-c4ccccc4)nc3-c3ccc(Br)cc3)SC2=S)cc1. The summed E-state index contributed by atoms with van der Waals surface area (Å²) in [5, 5.41) is 4.85. The smallest absolute Gasteiger partial charge is 0.270 e. The van der Waals surface area contributed by atoms with E-state index in [9.17, 15) is 4.79 Å². The molecule has 3 aromatic carbocycles. The molecular weight excluding hydrogens is 542 g/mol. The van der Waals surface area contributed by atoms with Gasteiger partial charge in [0.25, 0.3) is 5.91 Å². The van der Waals surface area contributed by atoms with Crippen LogP contribution in [0.15, 0.2) is 94.4 Å². The van der Waals surface area contributed by atoms with E-state index in [1.807, 2.05) is 103 Å². The van der Waals surface area contributed by atoms with Crippen molar-refractivity contribution in [2.75, 3.05) is 11.5 Å². The van der Waals surface area contributed by atoms with Crippen molar-refractivity contribution < 1.29 is 9.53 Å². The molecule has 1 saturated heterocycles. The normalized spacial score (nSPS) is 14.7. The van der Waals surface area contributed by atoms with Crippen LogP contribution in [-0.4, -0.2) is 26.6 Å². The zero-order chi connectivity index (χ0) is 24.4. The van der Waals surface area contributed by atoms with Crippen molar-refractivity contribution in [3.8, 4) is 22.7 Å². The third kappa shape index (κ3) is 4.96. The highest BCUT2D eigenvalue weighted by Gasteiger charge is 2.33. The van der Waals surface area contributed by atoms with Crippen LogP contribution < -0.4 is 9.64 Å². The van der Waals surface area contributed by atoms with Gasteiger partial charge in [-0.2, -0.15) is 5.10 Å². The fourth-order valence-corrected chi connectivity index (χ4v) is 5.28. The molecule has 0 atom stereocenters. The first-order chi connectivity index (χ1) is 17.0. The number of anilines is 1. The topological polar surface area (TPSA) is 47.4 Å². The maximum atomic E-state index is 13.4. The van der Waals surface area contributed by atoms with Gasteiger partial charge in [0.15, 0.2) is 4.32 Å². The second-order valence-corrected chi connectivity index (χ2v) is 10.3. The molecular formula is C27H20BrN3O2S2. The van der Waals surface area contributed by atoms with Gasteiger partial charge in [0.2, 0.25) is 0 Å². The minimum atomic E-state index is -0.154. The van der Waals surface area contributed by atoms with Gasteiger partial charge in [-0.15, -0.1) is 0 Å². The molecule has 0 saturated carbocycles. The Kier molecular flexibility index (Phi) is 6.86. The van der Waals surface area contributed by atoms with Gasteiger partial charge in [0, 0.05) is 21.8 Å². The number of amides is 1. The lowest BCUT2D eigenvalue weighted by atomic mass is 10.1. The molecule has 1 aromatic heterocycles. The molecule has 0 spiro atoms. The van der Waals surface area contributed by atoms with Crippen LogP contribution in [0.4, 0.5) is 5.69 Å². The van der Waals surface area contributed by atoms with Gasteiger partial charge >= 0.3 is 0 Å². The number of hydrogen-bond acceptors (Lipinski definition) is 5. The van der Waals surface area contributed by atoms with Crippen molar-refractivity contribution in [1.29, 1.82) is 0 Å². The number of thioether (sulfide) groups is 1. The largest absolute Gasteiger partial charge is 0.494 e. The van der Waals surface area contributed by atoms with Crippen LogP contribution in [0, 0.1) is 0 Å². The van der Waals surface area contributed by atoms with Gasteiger partial charge in [-0.1, -0.05) is 70.2 Å². The van der Waals surface area contributed by atoms with E-state index < -0.39 is 0 Å². The number of carbonyl (C=O) groups is 1. The Labute approximate surface area is 221 Å². The van der Waals surface area contributed by atoms with Crippen LogP contribution in [0.1, 0.15) is 12.5 Å². The van der Waals surface area contributed by atoms with E-state index in [-0.39, 0.29) is 5.91 Å². The van der Waals surface area contributed by atoms with E-state index in [0.29, 0.717) is 21.5 Å². The summed E-state index contributed by atoms with van der Waals surface area (Å²) in [5.74, 6) is 0.600. The minimum Gasteiger partial charge on any atom is -0.494 e. The summed E-state index contributed by atoms with van der Waals surface area (Å²) in [6.07, 6.45) is 3.81. The molecule has 8 heteroatoms. The quantitative estimate of drug-likeness (QED) is 0.185. The molecule has 0 unspecified atom stereocenters. The number of hydrogen-bond donors (Lipinski definition) is 0. The van der Waals surface area contributed by atoms with Gasteiger partial charge in [-0.25, -0.2) is 4.68 Å². The van der Waals surface area contributed by atoms with Gasteiger partial charge in [-0.3, -0.25) is 9.69 Å². The van der Waals surface area contributed by atoms with Crippen molar-refractivity contribution in [3.63, 3.8) is 0 Å². The maximum absolute atomic E-state index is 13.4. The zero-order valence-electron chi connectivity index (χ0n) is 18.7. The maximum Gasteiger partial charge on any atom is 0.270 e. The average Bonchev–Trinajstić information content (AvgIpc) is 3.41. The number of thiocarbonyl (C=S) groups is 1. The van der Waals surface area contributed by atoms with E-state index in [2.05, 4.69) is 15.9 Å². The van der Waals surface area contributed by atoms with Crippen LogP contribution in [0.5, 0.6) is 5.75 Å². The van der Waals surface area contributed by atoms with Gasteiger partial charge < -0.3 is 4.74 Å². The Hall–Kier alpha value is -3.20. The van der Waals surface area contributed by atoms with Gasteiger partial charge in [0.1, 0.15) is 5.75 Å². The molecule has 0 N–H and O–H groups in total. The number of benzene rings is 3. The lowest BCUT2D eigenvalue weighted by Crippen LogP contribution is -2.27. The third-order valence-electron chi connectivity index (χ3n) is 5.37. The Balaban J connectivity index is 1.52. The highest BCUT2D eigenvalue weighted by atomic mass is 79.9. The average molecular weight is 563 g/mol. The molecule has 1 fully saturated rings. The lowest BCUT2D eigenvalue weighted by Gasteiger charge is -2.15. The Bertz CT molecular complexity index is 1420. The van der Waals surface area contributed by atoms with Gasteiger partial charge in [0.05, 0.1) is 28.6 Å². The Morgan fingerprint density at radius 2 is 1.71 bits per heavy atom. The molecule has 2 heterocycles. The highest BCUT2D eigenvalue weighted by molar-refractivity contribution is 9.10. The van der Waals surface area contributed by atoms with Crippen molar-refractivity contribution in [1.82, 2.24) is 9.78 Å². The molecule has 1 amide bonds. The summed E-state index contributed by atoms with van der Waals surface area (Å²) in [7, 11) is 0. The van der Waals surface area contributed by atoms with E-state index >= 15 is 0 Å². The summed E-state index contributed by atoms with van der Waals surface area (Å²) in [5.41, 5.74) is 4.23. The lowest BCUT2D eigenvalue weighted by molar-refractivity contribution is -0.113. The van der Waals surface area contributed by atoms with Crippen molar-refractivity contribution in [3.05, 3.63) is 100 Å². The molecule has 35 heavy (non-hydrogen) atoms. The monoisotopic (exact) mass is 561 g/mol. The molecule has 0 bridgehead atoms. The summed E-state index contributed by atoms with van der Waals surface area (Å²) >= 11 is 10.4. The van der Waals surface area contributed by atoms with E-state index in [0.717, 1.165) is 32.7 Å². The van der Waals surface area contributed by atoms with Crippen molar-refractivity contribution in [2.45, 2.75) is 6.92 Å². The van der Waals surface area contributed by atoms with Crippen LogP contribution in [0.2, 0.25) is 0 Å². The number of ether oxygens (including phenoxy) is 1. The predicted molar refractivity (Wildman–Crippen MR) is 150 cm³/mol. The van der Waals surface area contributed by atoms with Crippen LogP contribution in [0.25, 0.3) is 23.0 Å². The number of para-hydroxylation sites is 1. The molecule has 4 aromatic rings. The third-order valence-corrected chi connectivity index (χ3v) is 7.20. The highest BCUT2D eigenvalue weighted by Crippen LogP contribution is 2.38. The summed E-state index contributed by atoms with van der Waals surface area (Å²) in [6, 6.07) is 25.2. The fraction of sp³-hybridized carbons (Fsp3) is 0.0741. The molecule has 1 aliphatic rings. The minimum absolute atomic E-state index is 0.154. The predicted octanol–water partition coefficient (Wildman–Crippen LogP) is 7.11. The van der Waals surface area contributed by atoms with Crippen molar-refractivity contribution in [2.24, 2.45) is 0 Å². The second-order valence-electron chi connectivity index (χ2n) is 7.66. The zero-order valence-corrected chi connectivity index (χ0v) is 21.9. The molecule has 0 radical (unpaired) electrons. The standard InChI is InChI=1S/C27H20BrN3O2S2/c1-2-33-23-14-12-22(13-15-23)31-26(32)24(35-27(31)34)16-19-17-30(21-6-4-3-5-7-21)29-25(19)18-8-10-20(28)11-9-18/h3-17H,2H2,1H3/b24-16-. The molecule has 5 rings (SSSR count). The second kappa shape index (κ2) is 10.2. The van der Waals surface area contributed by atoms with E-state index in [1.165, 1.54) is 11.8 Å². The summed E-state index contributed by atoms with van der Waals surface area (Å²) in [4.78, 5) is 15.5. The number of halogens is 1. The van der Waals surface area contributed by atoms with Gasteiger partial charge in [-0.05, 0) is 61.5 Å². The summed E-state index contributed by atoms with van der Waals surface area (Å²) in [6.45, 7) is 2.52. The fourth-order valence-electron chi connectivity index (χ4n) is 3.73. The first-order valence-corrected chi connectivity index (χ1v) is 13.0. The number of carbonyl (C=O) groups excluding carboxylic acids is 1. The number of rotatable bonds is 6. The number of nitrogens with zero attached hydrogens (tertiary/aromatic N) is 3. The van der Waals surface area contributed by atoms with Crippen molar-refractivity contribution >= 4 is 61.9 Å². The van der Waals surface area contributed by atoms with E-state index in [1.54, 1.807) is 4.90 Å². The first-order valence-electron chi connectivity index (χ1n) is 11.0. The summed E-state index contributed by atoms with van der Waals surface area (Å²) < 4.78 is 8.82. The Morgan fingerprint density at radius 3 is 2.40 bits per heavy atom. The molecule has 5 nitrogen and oxygen atoms in total. The van der Waals surface area contributed by atoms with Crippen LogP contribution >= 0.6 is 39.9 Å². The van der Waals surface area contributed by atoms with Crippen LogP contribution in [0.3, 0.4) is 0 Å². The molecule has 174 valence electrons. The number of aromatic nitrogens is 2. The molecule has 1 aliphatic heterocycles. The molecule has 0 aliphatic carbocycles. The van der Waals surface area contributed by atoms with E-state index in [4.69, 9.17) is 22.1 Å². The Morgan fingerprint density at radius 1 is 1.00 bits per heavy atom. The first kappa shape index (κ1) is 23.5.